The van der Waals surface area contributed by atoms with Crippen LogP contribution in [0.4, 0.5) is 0 Å². The van der Waals surface area contributed by atoms with Gasteiger partial charge in [-0.25, -0.2) is 0 Å². The molecule has 0 amide bonds. The van der Waals surface area contributed by atoms with Crippen LogP contribution >= 0.6 is 0 Å². The van der Waals surface area contributed by atoms with Crippen LogP contribution in [0.5, 0.6) is 5.75 Å². The van der Waals surface area contributed by atoms with Crippen LogP contribution in [0.3, 0.4) is 0 Å². The summed E-state index contributed by atoms with van der Waals surface area (Å²) in [7, 11) is 0. The van der Waals surface area contributed by atoms with Gasteiger partial charge in [-0.05, 0) is 12.1 Å². The van der Waals surface area contributed by atoms with Gasteiger partial charge in [-0.3, -0.25) is 9.79 Å². The van der Waals surface area contributed by atoms with Gasteiger partial charge in [-0.15, -0.1) is 0 Å². The van der Waals surface area contributed by atoms with E-state index in [0.717, 1.165) is 0 Å². The van der Waals surface area contributed by atoms with Crippen molar-refractivity contribution in [2.75, 3.05) is 6.61 Å². The third-order valence-corrected chi connectivity index (χ3v) is 3.40. The van der Waals surface area contributed by atoms with Crippen molar-refractivity contribution in [2.45, 2.75) is 37.6 Å². The predicted octanol–water partition coefficient (Wildman–Crippen LogP) is -1.17. The van der Waals surface area contributed by atoms with E-state index in [1.165, 1.54) is 13.1 Å². The van der Waals surface area contributed by atoms with Gasteiger partial charge in [0, 0.05) is 18.7 Å². The molecule has 1 aliphatic heterocycles. The van der Waals surface area contributed by atoms with E-state index in [4.69, 9.17) is 14.6 Å². The lowest BCUT2D eigenvalue weighted by atomic mass is 9.98. The summed E-state index contributed by atoms with van der Waals surface area (Å²) in [6.07, 6.45) is -5.26. The van der Waals surface area contributed by atoms with Gasteiger partial charge in [0.1, 0.15) is 30.2 Å². The van der Waals surface area contributed by atoms with Crippen LogP contribution in [0.2, 0.25) is 0 Å². The number of nitrogens with zero attached hydrogens (tertiary/aromatic N) is 1. The molecule has 0 saturated carbocycles. The molecule has 1 saturated heterocycles. The summed E-state index contributed by atoms with van der Waals surface area (Å²) in [4.78, 5) is 15.1. The lowest BCUT2D eigenvalue weighted by Crippen LogP contribution is -2.57. The summed E-state index contributed by atoms with van der Waals surface area (Å²) in [5, 5.41) is 38.4. The van der Waals surface area contributed by atoms with Crippen molar-refractivity contribution in [1.29, 1.82) is 0 Å². The number of rotatable bonds is 4. The van der Waals surface area contributed by atoms with Crippen LogP contribution in [0.15, 0.2) is 29.3 Å². The highest BCUT2D eigenvalue weighted by atomic mass is 16.6. The summed E-state index contributed by atoms with van der Waals surface area (Å²) >= 11 is 0. The molecule has 8 nitrogen and oxygen atoms in total. The number of hydrogen-bond acceptors (Lipinski definition) is 8. The minimum atomic E-state index is -1.49. The molecule has 5 atom stereocenters. The molecule has 0 aromatic heterocycles. The first-order chi connectivity index (χ1) is 10.9. The van der Waals surface area contributed by atoms with Crippen LogP contribution < -0.4 is 4.74 Å². The number of esters is 1. The van der Waals surface area contributed by atoms with Crippen LogP contribution in [-0.4, -0.2) is 69.9 Å². The van der Waals surface area contributed by atoms with Crippen molar-refractivity contribution in [1.82, 2.24) is 0 Å². The van der Waals surface area contributed by atoms with Crippen molar-refractivity contribution >= 4 is 12.2 Å². The Labute approximate surface area is 132 Å². The fourth-order valence-electron chi connectivity index (χ4n) is 2.19. The second kappa shape index (κ2) is 7.62. The second-order valence-electron chi connectivity index (χ2n) is 5.13. The van der Waals surface area contributed by atoms with Gasteiger partial charge in [0.25, 0.3) is 0 Å². The first-order valence-electron chi connectivity index (χ1n) is 7.05. The number of hydrogen-bond donors (Lipinski definition) is 4. The fraction of sp³-hybridized carbons (Fsp3) is 0.467. The quantitative estimate of drug-likeness (QED) is 0.312. The largest absolute Gasteiger partial charge is 0.426 e. The molecule has 1 aromatic rings. The monoisotopic (exact) mass is 325 g/mol. The zero-order valence-corrected chi connectivity index (χ0v) is 12.4. The average molecular weight is 325 g/mol. The number of aliphatic hydroxyl groups is 4. The Morgan fingerprint density at radius 2 is 1.96 bits per heavy atom. The molecule has 1 unspecified atom stereocenters. The van der Waals surface area contributed by atoms with Gasteiger partial charge in [0.15, 0.2) is 6.23 Å². The molecule has 1 aromatic carbocycles. The Bertz CT molecular complexity index is 575. The van der Waals surface area contributed by atoms with Crippen molar-refractivity contribution in [2.24, 2.45) is 4.99 Å². The minimum Gasteiger partial charge on any atom is -0.426 e. The Balaban J connectivity index is 2.17. The van der Waals surface area contributed by atoms with E-state index in [0.29, 0.717) is 5.56 Å². The Kier molecular flexibility index (Phi) is 5.80. The maximum atomic E-state index is 11.1. The van der Waals surface area contributed by atoms with Gasteiger partial charge in [-0.2, -0.15) is 0 Å². The van der Waals surface area contributed by atoms with E-state index in [1.54, 1.807) is 24.3 Å². The molecule has 0 radical (unpaired) electrons. The zero-order chi connectivity index (χ0) is 17.0. The van der Waals surface area contributed by atoms with E-state index in [2.05, 4.69) is 4.99 Å². The maximum Gasteiger partial charge on any atom is 0.308 e. The van der Waals surface area contributed by atoms with Crippen molar-refractivity contribution in [3.63, 3.8) is 0 Å². The zero-order valence-electron chi connectivity index (χ0n) is 12.4. The molecule has 2 rings (SSSR count). The molecule has 0 bridgehead atoms. The number of carbonyl (C=O) groups is 1. The van der Waals surface area contributed by atoms with Gasteiger partial charge in [0.05, 0.1) is 6.61 Å². The summed E-state index contributed by atoms with van der Waals surface area (Å²) in [5.41, 5.74) is 0.472. The minimum absolute atomic E-state index is 0.286. The third kappa shape index (κ3) is 4.12. The molecule has 0 aliphatic carbocycles. The summed E-state index contributed by atoms with van der Waals surface area (Å²) < 4.78 is 10.3. The second-order valence-corrected chi connectivity index (χ2v) is 5.13. The standard InChI is InChI=1S/C15H19NO7/c1-8(18)22-10-5-3-2-4-9(10)6-16-15-14(21)13(20)12(19)11(7-17)23-15/h2-6,11-15,17,19-21H,7H2,1H3/t11-,12-,13-,14+,15?/m1/s1. The number of ether oxygens (including phenoxy) is 2. The smallest absolute Gasteiger partial charge is 0.308 e. The number of aliphatic imine (C=N–C) groups is 1. The first kappa shape index (κ1) is 17.5. The van der Waals surface area contributed by atoms with Crippen molar-refractivity contribution < 1.29 is 34.7 Å². The Morgan fingerprint density at radius 3 is 2.61 bits per heavy atom. The molecular weight excluding hydrogens is 306 g/mol. The number of para-hydroxylation sites is 1. The summed E-state index contributed by atoms with van der Waals surface area (Å²) in [6, 6.07) is 6.62. The molecule has 8 heteroatoms. The van der Waals surface area contributed by atoms with Crippen molar-refractivity contribution in [3.05, 3.63) is 29.8 Å². The van der Waals surface area contributed by atoms with Crippen LogP contribution in [0.25, 0.3) is 0 Å². The molecule has 0 spiro atoms. The third-order valence-electron chi connectivity index (χ3n) is 3.40. The number of carbonyl (C=O) groups excluding carboxylic acids is 1. The Morgan fingerprint density at radius 1 is 1.26 bits per heavy atom. The van der Waals surface area contributed by atoms with E-state index >= 15 is 0 Å². The lowest BCUT2D eigenvalue weighted by Gasteiger charge is -2.38. The Hall–Kier alpha value is -1.84. The van der Waals surface area contributed by atoms with Gasteiger partial charge in [0.2, 0.25) is 0 Å². The lowest BCUT2D eigenvalue weighted by molar-refractivity contribution is -0.226. The average Bonchev–Trinajstić information content (AvgIpc) is 2.53. The SMILES string of the molecule is CC(=O)Oc1ccccc1C=NC1O[C@H](CO)[C@@H](O)[C@@H](O)[C@@H]1O. The predicted molar refractivity (Wildman–Crippen MR) is 79.1 cm³/mol. The van der Waals surface area contributed by atoms with E-state index in [-0.39, 0.29) is 5.75 Å². The summed E-state index contributed by atoms with van der Waals surface area (Å²) in [6.45, 7) is 0.743. The molecule has 23 heavy (non-hydrogen) atoms. The highest BCUT2D eigenvalue weighted by Crippen LogP contribution is 2.23. The molecule has 4 N–H and O–H groups in total. The normalized spacial score (nSPS) is 31.3. The first-order valence-corrected chi connectivity index (χ1v) is 7.05. The van der Waals surface area contributed by atoms with E-state index in [1.807, 2.05) is 0 Å². The molecule has 1 heterocycles. The topological polar surface area (TPSA) is 129 Å². The van der Waals surface area contributed by atoms with Crippen LogP contribution in [0.1, 0.15) is 12.5 Å². The van der Waals surface area contributed by atoms with E-state index < -0.39 is 43.2 Å². The molecule has 1 fully saturated rings. The molecular formula is C15H19NO7. The number of aliphatic hydroxyl groups excluding tert-OH is 4. The molecule has 126 valence electrons. The maximum absolute atomic E-state index is 11.1. The highest BCUT2D eigenvalue weighted by Gasteiger charge is 2.43. The highest BCUT2D eigenvalue weighted by molar-refractivity contribution is 5.85. The fourth-order valence-corrected chi connectivity index (χ4v) is 2.19. The van der Waals surface area contributed by atoms with Gasteiger partial charge >= 0.3 is 5.97 Å². The van der Waals surface area contributed by atoms with Gasteiger partial charge < -0.3 is 29.9 Å². The van der Waals surface area contributed by atoms with E-state index in [9.17, 15) is 20.1 Å². The van der Waals surface area contributed by atoms with Gasteiger partial charge in [-0.1, -0.05) is 12.1 Å². The van der Waals surface area contributed by atoms with Crippen LogP contribution in [0, 0.1) is 0 Å². The number of benzene rings is 1. The summed E-state index contributed by atoms with van der Waals surface area (Å²) in [5.74, 6) is -0.202. The molecule has 1 aliphatic rings. The van der Waals surface area contributed by atoms with Crippen LogP contribution in [-0.2, 0) is 9.53 Å². The van der Waals surface area contributed by atoms with Crippen molar-refractivity contribution in [3.8, 4) is 5.75 Å².